The third kappa shape index (κ3) is 3.08. The van der Waals surface area contributed by atoms with Crippen LogP contribution in [0, 0.1) is 5.92 Å². The molecule has 1 fully saturated rings. The lowest BCUT2D eigenvalue weighted by Gasteiger charge is -2.12. The Bertz CT molecular complexity index is 470. The van der Waals surface area contributed by atoms with Gasteiger partial charge in [0.1, 0.15) is 0 Å². The summed E-state index contributed by atoms with van der Waals surface area (Å²) in [5, 5.41) is 2.73. The second kappa shape index (κ2) is 5.23. The minimum atomic E-state index is -4.36. The Morgan fingerprint density at radius 1 is 1.37 bits per heavy atom. The van der Waals surface area contributed by atoms with Crippen LogP contribution < -0.4 is 5.32 Å². The van der Waals surface area contributed by atoms with Gasteiger partial charge in [-0.1, -0.05) is 25.1 Å². The van der Waals surface area contributed by atoms with Crippen molar-refractivity contribution in [3.8, 4) is 0 Å². The molecular weight excluding hydrogens is 255 g/mol. The zero-order chi connectivity index (χ0) is 14.0. The van der Waals surface area contributed by atoms with Gasteiger partial charge < -0.3 is 5.32 Å². The van der Waals surface area contributed by atoms with E-state index in [-0.39, 0.29) is 23.3 Å². The van der Waals surface area contributed by atoms with Gasteiger partial charge in [0.15, 0.2) is 0 Å². The third-order valence-corrected chi connectivity index (χ3v) is 3.34. The fourth-order valence-electron chi connectivity index (χ4n) is 2.29. The smallest absolute Gasteiger partial charge is 0.356 e. The number of hydrogen-bond donors (Lipinski definition) is 1. The maximum atomic E-state index is 12.9. The van der Waals surface area contributed by atoms with Gasteiger partial charge in [-0.25, -0.2) is 0 Å². The van der Waals surface area contributed by atoms with Crippen LogP contribution >= 0.6 is 0 Å². The minimum Gasteiger partial charge on any atom is -0.356 e. The third-order valence-electron chi connectivity index (χ3n) is 3.34. The Labute approximate surface area is 110 Å². The van der Waals surface area contributed by atoms with Crippen LogP contribution in [0.2, 0.25) is 0 Å². The summed E-state index contributed by atoms with van der Waals surface area (Å²) in [6.07, 6.45) is -3.03. The maximum Gasteiger partial charge on any atom is 0.416 e. The molecule has 0 heterocycles. The molecule has 2 atom stereocenters. The van der Waals surface area contributed by atoms with E-state index in [0.717, 1.165) is 12.5 Å². The lowest BCUT2D eigenvalue weighted by atomic mass is 10.0. The highest BCUT2D eigenvalue weighted by Gasteiger charge is 2.47. The van der Waals surface area contributed by atoms with Crippen molar-refractivity contribution in [2.75, 3.05) is 6.54 Å². The van der Waals surface area contributed by atoms with Gasteiger partial charge >= 0.3 is 6.18 Å². The molecule has 0 aliphatic heterocycles. The molecule has 1 aliphatic rings. The summed E-state index contributed by atoms with van der Waals surface area (Å²) in [5.41, 5.74) is -0.377. The van der Waals surface area contributed by atoms with Crippen molar-refractivity contribution < 1.29 is 18.0 Å². The van der Waals surface area contributed by atoms with Gasteiger partial charge in [-0.05, 0) is 30.4 Å². The summed E-state index contributed by atoms with van der Waals surface area (Å²) in [6, 6.07) is 5.51. The molecule has 0 radical (unpaired) electrons. The van der Waals surface area contributed by atoms with Crippen LogP contribution in [0.25, 0.3) is 0 Å². The summed E-state index contributed by atoms with van der Waals surface area (Å²) < 4.78 is 38.6. The number of hydrogen-bond acceptors (Lipinski definition) is 1. The molecule has 0 spiro atoms. The fraction of sp³-hybridized carbons (Fsp3) is 0.500. The van der Waals surface area contributed by atoms with Crippen LogP contribution in [-0.2, 0) is 11.0 Å². The number of amides is 1. The van der Waals surface area contributed by atoms with Gasteiger partial charge in [0.05, 0.1) is 5.56 Å². The fourth-order valence-corrected chi connectivity index (χ4v) is 2.29. The highest BCUT2D eigenvalue weighted by Crippen LogP contribution is 2.50. The van der Waals surface area contributed by atoms with E-state index in [9.17, 15) is 18.0 Å². The number of halogens is 3. The molecule has 1 aromatic rings. The molecule has 5 heteroatoms. The van der Waals surface area contributed by atoms with Crippen LogP contribution in [0.3, 0.4) is 0 Å². The van der Waals surface area contributed by atoms with Crippen molar-refractivity contribution in [2.45, 2.75) is 31.9 Å². The van der Waals surface area contributed by atoms with E-state index in [1.54, 1.807) is 6.07 Å². The Hall–Kier alpha value is -1.52. The molecule has 1 amide bonds. The maximum absolute atomic E-state index is 12.9. The first kappa shape index (κ1) is 13.9. The van der Waals surface area contributed by atoms with Crippen LogP contribution in [0.1, 0.15) is 36.8 Å². The van der Waals surface area contributed by atoms with Crippen molar-refractivity contribution in [2.24, 2.45) is 5.92 Å². The standard InChI is InChI=1S/C14H16F3NO/c1-2-7-18-13(19)11-8-10(11)9-5-3-4-6-12(9)14(15,16)17/h3-6,10-11H,2,7-8H2,1H3,(H,18,19). The molecular formula is C14H16F3NO. The average Bonchev–Trinajstić information content (AvgIpc) is 3.15. The van der Waals surface area contributed by atoms with Crippen molar-refractivity contribution in [3.63, 3.8) is 0 Å². The minimum absolute atomic E-state index is 0.135. The Morgan fingerprint density at radius 2 is 2.05 bits per heavy atom. The molecule has 0 aromatic heterocycles. The van der Waals surface area contributed by atoms with Crippen LogP contribution in [0.4, 0.5) is 13.2 Å². The largest absolute Gasteiger partial charge is 0.416 e. The molecule has 104 valence electrons. The number of benzene rings is 1. The van der Waals surface area contributed by atoms with Crippen LogP contribution in [0.15, 0.2) is 24.3 Å². The first-order valence-electron chi connectivity index (χ1n) is 6.39. The van der Waals surface area contributed by atoms with Crippen LogP contribution in [-0.4, -0.2) is 12.5 Å². The monoisotopic (exact) mass is 271 g/mol. The van der Waals surface area contributed by atoms with E-state index < -0.39 is 11.7 Å². The van der Waals surface area contributed by atoms with Gasteiger partial charge in [0.25, 0.3) is 0 Å². The number of carbonyl (C=O) groups excluding carboxylic acids is 1. The average molecular weight is 271 g/mol. The summed E-state index contributed by atoms with van der Waals surface area (Å²) in [6.45, 7) is 2.51. The molecule has 2 unspecified atom stereocenters. The number of carbonyl (C=O) groups is 1. The van der Waals surface area contributed by atoms with E-state index in [2.05, 4.69) is 5.32 Å². The zero-order valence-electron chi connectivity index (χ0n) is 10.6. The molecule has 1 N–H and O–H groups in total. The first-order valence-corrected chi connectivity index (χ1v) is 6.39. The normalized spacial score (nSPS) is 22.1. The van der Waals surface area contributed by atoms with Crippen molar-refractivity contribution in [1.29, 1.82) is 0 Å². The second-order valence-corrected chi connectivity index (χ2v) is 4.82. The highest BCUT2D eigenvalue weighted by molar-refractivity contribution is 5.83. The summed E-state index contributed by atoms with van der Waals surface area (Å²) in [4.78, 5) is 11.7. The van der Waals surface area contributed by atoms with Gasteiger partial charge in [0.2, 0.25) is 5.91 Å². The Kier molecular flexibility index (Phi) is 3.83. The lowest BCUT2D eigenvalue weighted by Crippen LogP contribution is -2.26. The predicted octanol–water partition coefficient (Wildman–Crippen LogP) is 3.34. The first-order chi connectivity index (χ1) is 8.95. The summed E-state index contributed by atoms with van der Waals surface area (Å²) >= 11 is 0. The van der Waals surface area contributed by atoms with Crippen molar-refractivity contribution >= 4 is 5.91 Å². The number of rotatable bonds is 4. The number of alkyl halides is 3. The summed E-state index contributed by atoms with van der Waals surface area (Å²) in [5.74, 6) is -0.742. The molecule has 19 heavy (non-hydrogen) atoms. The van der Waals surface area contributed by atoms with E-state index >= 15 is 0 Å². The highest BCUT2D eigenvalue weighted by atomic mass is 19.4. The van der Waals surface area contributed by atoms with Gasteiger partial charge in [-0.3, -0.25) is 4.79 Å². The number of nitrogens with one attached hydrogen (secondary N) is 1. The Balaban J connectivity index is 2.11. The quantitative estimate of drug-likeness (QED) is 0.894. The molecule has 2 rings (SSSR count). The molecule has 1 aliphatic carbocycles. The van der Waals surface area contributed by atoms with E-state index in [1.165, 1.54) is 12.1 Å². The van der Waals surface area contributed by atoms with Crippen molar-refractivity contribution in [1.82, 2.24) is 5.32 Å². The predicted molar refractivity (Wildman–Crippen MR) is 65.6 cm³/mol. The molecule has 1 saturated carbocycles. The van der Waals surface area contributed by atoms with E-state index in [1.807, 2.05) is 6.92 Å². The van der Waals surface area contributed by atoms with Crippen molar-refractivity contribution in [3.05, 3.63) is 35.4 Å². The SMILES string of the molecule is CCCNC(=O)C1CC1c1ccccc1C(F)(F)F. The molecule has 0 bridgehead atoms. The van der Waals surface area contributed by atoms with E-state index in [4.69, 9.17) is 0 Å². The molecule has 0 saturated heterocycles. The van der Waals surface area contributed by atoms with Crippen LogP contribution in [0.5, 0.6) is 0 Å². The van der Waals surface area contributed by atoms with Gasteiger partial charge in [-0.2, -0.15) is 13.2 Å². The lowest BCUT2D eigenvalue weighted by molar-refractivity contribution is -0.138. The Morgan fingerprint density at radius 3 is 2.68 bits per heavy atom. The van der Waals surface area contributed by atoms with E-state index in [0.29, 0.717) is 13.0 Å². The summed E-state index contributed by atoms with van der Waals surface area (Å²) in [7, 11) is 0. The zero-order valence-corrected chi connectivity index (χ0v) is 10.6. The van der Waals surface area contributed by atoms with Gasteiger partial charge in [0, 0.05) is 12.5 Å². The molecule has 1 aromatic carbocycles. The second-order valence-electron chi connectivity index (χ2n) is 4.82. The molecule has 2 nitrogen and oxygen atoms in total. The van der Waals surface area contributed by atoms with Gasteiger partial charge in [-0.15, -0.1) is 0 Å². The topological polar surface area (TPSA) is 29.1 Å².